The smallest absolute Gasteiger partial charge is 0.384 e. The number of hydrogen-bond donors (Lipinski definition) is 1. The van der Waals surface area contributed by atoms with Crippen LogP contribution in [0.2, 0.25) is 0 Å². The van der Waals surface area contributed by atoms with Crippen LogP contribution in [0.1, 0.15) is 6.42 Å². The molecule has 0 spiro atoms. The van der Waals surface area contributed by atoms with Crippen molar-refractivity contribution in [2.75, 3.05) is 25.6 Å². The van der Waals surface area contributed by atoms with Crippen LogP contribution in [0, 0.1) is 0 Å². The standard InChI is InChI=1S/C12H15ClF3NO3S/c1-20-8-9(13)6-7-17-10-4-2-3-5-11(10)21(18,19)12(14,15)16/h2-5,9,17H,6-8H2,1H3. The van der Waals surface area contributed by atoms with Crippen LogP contribution >= 0.6 is 11.6 Å². The summed E-state index contributed by atoms with van der Waals surface area (Å²) >= 11 is 5.89. The highest BCUT2D eigenvalue weighted by Gasteiger charge is 2.47. The summed E-state index contributed by atoms with van der Waals surface area (Å²) in [6, 6.07) is 4.88. The first-order chi connectivity index (χ1) is 9.70. The highest BCUT2D eigenvalue weighted by molar-refractivity contribution is 7.92. The molecule has 0 amide bonds. The first-order valence-electron chi connectivity index (χ1n) is 5.97. The van der Waals surface area contributed by atoms with Crippen LogP contribution < -0.4 is 5.32 Å². The normalized spacial score (nSPS) is 14.0. The number of halogens is 4. The quantitative estimate of drug-likeness (QED) is 0.772. The van der Waals surface area contributed by atoms with E-state index < -0.39 is 20.2 Å². The van der Waals surface area contributed by atoms with E-state index in [1.54, 1.807) is 0 Å². The molecule has 0 saturated carbocycles. The average Bonchev–Trinajstić information content (AvgIpc) is 2.38. The molecular weight excluding hydrogens is 331 g/mol. The van der Waals surface area contributed by atoms with Crippen LogP contribution in [0.5, 0.6) is 0 Å². The molecule has 0 aliphatic heterocycles. The number of alkyl halides is 4. The highest BCUT2D eigenvalue weighted by atomic mass is 35.5. The van der Waals surface area contributed by atoms with E-state index in [1.807, 2.05) is 0 Å². The highest BCUT2D eigenvalue weighted by Crippen LogP contribution is 2.34. The van der Waals surface area contributed by atoms with E-state index in [1.165, 1.54) is 25.3 Å². The summed E-state index contributed by atoms with van der Waals surface area (Å²) in [5.74, 6) is 0. The van der Waals surface area contributed by atoms with Crippen molar-refractivity contribution >= 4 is 27.1 Å². The minimum absolute atomic E-state index is 0.101. The van der Waals surface area contributed by atoms with Gasteiger partial charge >= 0.3 is 5.51 Å². The topological polar surface area (TPSA) is 55.4 Å². The second-order valence-corrected chi connectivity index (χ2v) is 6.74. The summed E-state index contributed by atoms with van der Waals surface area (Å²) < 4.78 is 65.5. The van der Waals surface area contributed by atoms with Crippen LogP contribution in [0.3, 0.4) is 0 Å². The van der Waals surface area contributed by atoms with Crippen molar-refractivity contribution in [1.29, 1.82) is 0 Å². The van der Waals surface area contributed by atoms with Crippen molar-refractivity contribution < 1.29 is 26.3 Å². The van der Waals surface area contributed by atoms with E-state index in [4.69, 9.17) is 16.3 Å². The van der Waals surface area contributed by atoms with Crippen LogP contribution in [0.25, 0.3) is 0 Å². The first-order valence-corrected chi connectivity index (χ1v) is 7.89. The average molecular weight is 346 g/mol. The summed E-state index contributed by atoms with van der Waals surface area (Å²) in [4.78, 5) is -0.796. The number of ether oxygens (including phenoxy) is 1. The summed E-state index contributed by atoms with van der Waals surface area (Å²) in [6.45, 7) is 0.521. The number of para-hydroxylation sites is 1. The molecule has 0 saturated heterocycles. The predicted octanol–water partition coefficient (Wildman–Crippen LogP) is 3.04. The maximum atomic E-state index is 12.6. The van der Waals surface area contributed by atoms with E-state index >= 15 is 0 Å². The Hall–Kier alpha value is -0.990. The molecule has 0 aliphatic carbocycles. The molecule has 0 aliphatic rings. The Bertz CT molecular complexity index is 563. The molecule has 1 N–H and O–H groups in total. The van der Waals surface area contributed by atoms with Crippen molar-refractivity contribution in [2.45, 2.75) is 22.2 Å². The summed E-state index contributed by atoms with van der Waals surface area (Å²) in [7, 11) is -3.91. The lowest BCUT2D eigenvalue weighted by Crippen LogP contribution is -2.24. The zero-order chi connectivity index (χ0) is 16.1. The minimum Gasteiger partial charge on any atom is -0.384 e. The molecule has 120 valence electrons. The van der Waals surface area contributed by atoms with Gasteiger partial charge in [0.2, 0.25) is 0 Å². The number of sulfone groups is 1. The Labute approximate surface area is 126 Å². The second kappa shape index (κ2) is 7.33. The number of methoxy groups -OCH3 is 1. The summed E-state index contributed by atoms with van der Waals surface area (Å²) in [5, 5.41) is 2.35. The molecule has 0 heterocycles. The number of benzene rings is 1. The van der Waals surface area contributed by atoms with Gasteiger partial charge in [-0.2, -0.15) is 13.2 Å². The Kier molecular flexibility index (Phi) is 6.30. The van der Waals surface area contributed by atoms with E-state index in [0.29, 0.717) is 13.0 Å². The van der Waals surface area contributed by atoms with Gasteiger partial charge in [-0.15, -0.1) is 11.6 Å². The molecule has 4 nitrogen and oxygen atoms in total. The van der Waals surface area contributed by atoms with E-state index in [9.17, 15) is 21.6 Å². The molecule has 21 heavy (non-hydrogen) atoms. The number of rotatable bonds is 7. The zero-order valence-electron chi connectivity index (χ0n) is 11.2. The van der Waals surface area contributed by atoms with Gasteiger partial charge < -0.3 is 10.1 Å². The van der Waals surface area contributed by atoms with E-state index in [0.717, 1.165) is 6.07 Å². The van der Waals surface area contributed by atoms with Crippen LogP contribution in [-0.4, -0.2) is 39.6 Å². The Morgan fingerprint density at radius 3 is 2.52 bits per heavy atom. The molecule has 1 atom stereocenters. The van der Waals surface area contributed by atoms with E-state index in [2.05, 4.69) is 5.32 Å². The van der Waals surface area contributed by atoms with Crippen molar-refractivity contribution in [3.63, 3.8) is 0 Å². The lowest BCUT2D eigenvalue weighted by molar-refractivity contribution is -0.0435. The van der Waals surface area contributed by atoms with Crippen LogP contribution in [-0.2, 0) is 14.6 Å². The van der Waals surface area contributed by atoms with E-state index in [-0.39, 0.29) is 17.6 Å². The van der Waals surface area contributed by atoms with Crippen LogP contribution in [0.15, 0.2) is 29.2 Å². The number of nitrogens with one attached hydrogen (secondary N) is 1. The molecular formula is C12H15ClF3NO3S. The molecule has 0 radical (unpaired) electrons. The maximum Gasteiger partial charge on any atom is 0.501 e. The van der Waals surface area contributed by atoms with Gasteiger partial charge in [-0.3, -0.25) is 0 Å². The lowest BCUT2D eigenvalue weighted by atomic mass is 10.3. The largest absolute Gasteiger partial charge is 0.501 e. The van der Waals surface area contributed by atoms with Crippen molar-refractivity contribution in [3.05, 3.63) is 24.3 Å². The molecule has 0 fully saturated rings. The second-order valence-electron chi connectivity index (χ2n) is 4.21. The van der Waals surface area contributed by atoms with Gasteiger partial charge in [0, 0.05) is 13.7 Å². The first kappa shape index (κ1) is 18.1. The minimum atomic E-state index is -5.39. The Balaban J connectivity index is 2.87. The molecule has 1 aromatic rings. The fourth-order valence-corrected chi connectivity index (χ4v) is 2.77. The number of anilines is 1. The van der Waals surface area contributed by atoms with Gasteiger partial charge in [0.05, 0.1) is 22.6 Å². The molecule has 1 unspecified atom stereocenters. The number of hydrogen-bond acceptors (Lipinski definition) is 4. The monoisotopic (exact) mass is 345 g/mol. The van der Waals surface area contributed by atoms with Crippen molar-refractivity contribution in [3.8, 4) is 0 Å². The van der Waals surface area contributed by atoms with Crippen molar-refractivity contribution in [1.82, 2.24) is 0 Å². The molecule has 0 bridgehead atoms. The van der Waals surface area contributed by atoms with Gasteiger partial charge in [0.25, 0.3) is 9.84 Å². The van der Waals surface area contributed by atoms with Crippen molar-refractivity contribution in [2.24, 2.45) is 0 Å². The van der Waals surface area contributed by atoms with Gasteiger partial charge in [0.15, 0.2) is 0 Å². The van der Waals surface area contributed by atoms with Gasteiger partial charge in [-0.05, 0) is 18.6 Å². The lowest BCUT2D eigenvalue weighted by Gasteiger charge is -2.15. The third-order valence-electron chi connectivity index (χ3n) is 2.60. The van der Waals surface area contributed by atoms with Gasteiger partial charge in [-0.1, -0.05) is 12.1 Å². The SMILES string of the molecule is COCC(Cl)CCNc1ccccc1S(=O)(=O)C(F)(F)F. The summed E-state index contributed by atoms with van der Waals surface area (Å²) in [5.41, 5.74) is -5.44. The third-order valence-corrected chi connectivity index (χ3v) is 4.49. The molecule has 1 aromatic carbocycles. The predicted molar refractivity (Wildman–Crippen MR) is 74.3 cm³/mol. The Morgan fingerprint density at radius 1 is 1.33 bits per heavy atom. The van der Waals surface area contributed by atoms with Gasteiger partial charge in [-0.25, -0.2) is 8.42 Å². The fourth-order valence-electron chi connectivity index (χ4n) is 1.60. The summed E-state index contributed by atoms with van der Waals surface area (Å²) in [6.07, 6.45) is 0.412. The molecule has 1 rings (SSSR count). The molecule has 0 aromatic heterocycles. The fraction of sp³-hybridized carbons (Fsp3) is 0.500. The molecule has 9 heteroatoms. The zero-order valence-corrected chi connectivity index (χ0v) is 12.7. The van der Waals surface area contributed by atoms with Gasteiger partial charge in [0.1, 0.15) is 0 Å². The van der Waals surface area contributed by atoms with Crippen LogP contribution in [0.4, 0.5) is 18.9 Å². The maximum absolute atomic E-state index is 12.6. The third kappa shape index (κ3) is 4.76. The Morgan fingerprint density at radius 2 is 1.95 bits per heavy atom.